The summed E-state index contributed by atoms with van der Waals surface area (Å²) < 4.78 is 46.3. The highest BCUT2D eigenvalue weighted by molar-refractivity contribution is 7.92. The van der Waals surface area contributed by atoms with Crippen LogP contribution in [0.1, 0.15) is 12.5 Å². The number of benzene rings is 3. The number of nitrogens with zero attached hydrogens (tertiary/aromatic N) is 2. The van der Waals surface area contributed by atoms with Crippen LogP contribution in [0.2, 0.25) is 0 Å². The smallest absolute Gasteiger partial charge is 0.271 e. The van der Waals surface area contributed by atoms with Crippen molar-refractivity contribution in [3.8, 4) is 5.75 Å². The van der Waals surface area contributed by atoms with Crippen LogP contribution >= 0.6 is 0 Å². The van der Waals surface area contributed by atoms with Crippen molar-refractivity contribution in [2.45, 2.75) is 18.7 Å². The van der Waals surface area contributed by atoms with E-state index < -0.39 is 33.2 Å². The molecule has 0 bridgehead atoms. The first kappa shape index (κ1) is 24.6. The van der Waals surface area contributed by atoms with Crippen LogP contribution in [0.15, 0.2) is 71.6 Å². The Kier molecular flexibility index (Phi) is 7.47. The fraction of sp³-hybridized carbons (Fsp3) is 0.174. The molecule has 11 heteroatoms. The molecule has 3 aromatic carbocycles. The molecule has 0 aromatic heterocycles. The number of halogens is 1. The summed E-state index contributed by atoms with van der Waals surface area (Å²) in [5.41, 5.74) is 0.708. The number of hydrogen-bond acceptors (Lipinski definition) is 6. The second-order valence-corrected chi connectivity index (χ2v) is 9.06. The minimum atomic E-state index is -4.26. The van der Waals surface area contributed by atoms with Crippen LogP contribution in [0, 0.1) is 22.9 Å². The number of nitro groups is 1. The van der Waals surface area contributed by atoms with E-state index in [4.69, 9.17) is 4.74 Å². The van der Waals surface area contributed by atoms with Gasteiger partial charge in [-0.25, -0.2) is 12.8 Å². The lowest BCUT2D eigenvalue weighted by Crippen LogP contribution is -2.38. The highest BCUT2D eigenvalue weighted by atomic mass is 32.2. The third-order valence-electron chi connectivity index (χ3n) is 4.83. The summed E-state index contributed by atoms with van der Waals surface area (Å²) in [6, 6.07) is 14.3. The molecule has 9 nitrogen and oxygen atoms in total. The third kappa shape index (κ3) is 5.67. The molecule has 3 rings (SSSR count). The molecule has 178 valence electrons. The van der Waals surface area contributed by atoms with E-state index in [1.165, 1.54) is 30.3 Å². The zero-order valence-corrected chi connectivity index (χ0v) is 19.2. The number of anilines is 2. The summed E-state index contributed by atoms with van der Waals surface area (Å²) >= 11 is 0. The summed E-state index contributed by atoms with van der Waals surface area (Å²) in [5, 5.41) is 13.6. The topological polar surface area (TPSA) is 119 Å². The van der Waals surface area contributed by atoms with Crippen molar-refractivity contribution >= 4 is 33.0 Å². The number of aryl methyl sites for hydroxylation is 1. The number of hydrogen-bond donors (Lipinski definition) is 1. The lowest BCUT2D eigenvalue weighted by atomic mass is 10.2. The van der Waals surface area contributed by atoms with Gasteiger partial charge in [-0.1, -0.05) is 6.07 Å². The molecule has 0 unspecified atom stereocenters. The maximum absolute atomic E-state index is 13.4. The number of rotatable bonds is 9. The van der Waals surface area contributed by atoms with E-state index in [-0.39, 0.29) is 22.0 Å². The highest BCUT2D eigenvalue weighted by Crippen LogP contribution is 2.27. The zero-order valence-electron chi connectivity index (χ0n) is 18.4. The molecule has 0 heterocycles. The average Bonchev–Trinajstić information content (AvgIpc) is 2.80. The van der Waals surface area contributed by atoms with E-state index in [1.807, 2.05) is 0 Å². The van der Waals surface area contributed by atoms with Gasteiger partial charge in [0.1, 0.15) is 18.1 Å². The number of non-ortho nitro benzene ring substituents is 1. The third-order valence-corrected chi connectivity index (χ3v) is 6.62. The quantitative estimate of drug-likeness (QED) is 0.356. The van der Waals surface area contributed by atoms with Gasteiger partial charge in [-0.15, -0.1) is 0 Å². The Morgan fingerprint density at radius 2 is 1.74 bits per heavy atom. The summed E-state index contributed by atoms with van der Waals surface area (Å²) in [6.45, 7) is 3.25. The fourth-order valence-electron chi connectivity index (χ4n) is 3.10. The monoisotopic (exact) mass is 487 g/mol. The average molecular weight is 488 g/mol. The van der Waals surface area contributed by atoms with Gasteiger partial charge in [0, 0.05) is 12.1 Å². The molecular weight excluding hydrogens is 465 g/mol. The van der Waals surface area contributed by atoms with Crippen molar-refractivity contribution < 1.29 is 27.3 Å². The highest BCUT2D eigenvalue weighted by Gasteiger charge is 2.28. The molecule has 0 saturated heterocycles. The van der Waals surface area contributed by atoms with Gasteiger partial charge >= 0.3 is 0 Å². The summed E-state index contributed by atoms with van der Waals surface area (Å²) in [5.74, 6) is -0.810. The van der Waals surface area contributed by atoms with E-state index in [0.717, 1.165) is 28.6 Å². The molecule has 0 spiro atoms. The first-order chi connectivity index (χ1) is 16.1. The maximum Gasteiger partial charge on any atom is 0.271 e. The Morgan fingerprint density at radius 1 is 1.09 bits per heavy atom. The Bertz CT molecular complexity index is 1300. The minimum Gasteiger partial charge on any atom is -0.494 e. The maximum atomic E-state index is 13.4. The standard InChI is InChI=1S/C23H22FN3O6S/c1-3-33-20-10-8-18(9-11-20)26(34(31,32)21-12-5-17(24)6-13-21)15-23(28)25-22-14-19(27(29)30)7-4-16(22)2/h4-14H,3,15H2,1-2H3,(H,25,28). The number of nitro benzene ring substituents is 1. The molecular formula is C23H22FN3O6S. The SMILES string of the molecule is CCOc1ccc(N(CC(=O)Nc2cc([N+](=O)[O-])ccc2C)S(=O)(=O)c2ccc(F)cc2)cc1. The predicted molar refractivity (Wildman–Crippen MR) is 125 cm³/mol. The van der Waals surface area contributed by atoms with Gasteiger partial charge in [-0.2, -0.15) is 0 Å². The molecule has 1 N–H and O–H groups in total. The van der Waals surface area contributed by atoms with E-state index >= 15 is 0 Å². The van der Waals surface area contributed by atoms with Crippen LogP contribution < -0.4 is 14.4 Å². The van der Waals surface area contributed by atoms with Crippen molar-refractivity contribution in [2.75, 3.05) is 22.8 Å². The lowest BCUT2D eigenvalue weighted by Gasteiger charge is -2.24. The Balaban J connectivity index is 1.95. The molecule has 0 saturated carbocycles. The number of ether oxygens (including phenoxy) is 1. The molecule has 0 radical (unpaired) electrons. The van der Waals surface area contributed by atoms with Crippen LogP contribution in [-0.2, 0) is 14.8 Å². The Labute approximate surface area is 196 Å². The Hall–Kier alpha value is -3.99. The molecule has 0 atom stereocenters. The van der Waals surface area contributed by atoms with E-state index in [0.29, 0.717) is 17.9 Å². The molecule has 0 aliphatic rings. The predicted octanol–water partition coefficient (Wildman–Crippen LogP) is 4.28. The number of carbonyl (C=O) groups excluding carboxylic acids is 1. The largest absolute Gasteiger partial charge is 0.494 e. The first-order valence-corrected chi connectivity index (χ1v) is 11.6. The van der Waals surface area contributed by atoms with Crippen molar-refractivity contribution in [3.63, 3.8) is 0 Å². The van der Waals surface area contributed by atoms with Crippen molar-refractivity contribution in [2.24, 2.45) is 0 Å². The number of amides is 1. The van der Waals surface area contributed by atoms with Gasteiger partial charge in [0.25, 0.3) is 15.7 Å². The van der Waals surface area contributed by atoms with Crippen molar-refractivity contribution in [3.05, 3.63) is 88.2 Å². The van der Waals surface area contributed by atoms with Gasteiger partial charge < -0.3 is 10.1 Å². The van der Waals surface area contributed by atoms with E-state index in [9.17, 15) is 27.7 Å². The number of carbonyl (C=O) groups is 1. The molecule has 0 fully saturated rings. The van der Waals surface area contributed by atoms with Crippen LogP contribution in [0.25, 0.3) is 0 Å². The second-order valence-electron chi connectivity index (χ2n) is 7.20. The van der Waals surface area contributed by atoms with Gasteiger partial charge in [0.2, 0.25) is 5.91 Å². The lowest BCUT2D eigenvalue weighted by molar-refractivity contribution is -0.384. The second kappa shape index (κ2) is 10.3. The summed E-state index contributed by atoms with van der Waals surface area (Å²) in [7, 11) is -4.26. The minimum absolute atomic E-state index is 0.179. The van der Waals surface area contributed by atoms with Crippen LogP contribution in [0.4, 0.5) is 21.5 Å². The zero-order chi connectivity index (χ0) is 24.9. The Morgan fingerprint density at radius 3 is 2.32 bits per heavy atom. The first-order valence-electron chi connectivity index (χ1n) is 10.2. The molecule has 3 aromatic rings. The van der Waals surface area contributed by atoms with Crippen molar-refractivity contribution in [1.29, 1.82) is 0 Å². The van der Waals surface area contributed by atoms with Gasteiger partial charge in [0.15, 0.2) is 0 Å². The summed E-state index contributed by atoms with van der Waals surface area (Å²) in [6.07, 6.45) is 0. The van der Waals surface area contributed by atoms with Gasteiger partial charge in [-0.05, 0) is 67.9 Å². The molecule has 34 heavy (non-hydrogen) atoms. The van der Waals surface area contributed by atoms with Crippen molar-refractivity contribution in [1.82, 2.24) is 0 Å². The van der Waals surface area contributed by atoms with Crippen LogP contribution in [-0.4, -0.2) is 32.4 Å². The summed E-state index contributed by atoms with van der Waals surface area (Å²) in [4.78, 5) is 23.1. The molecule has 0 aliphatic carbocycles. The van der Waals surface area contributed by atoms with Crippen LogP contribution in [0.5, 0.6) is 5.75 Å². The fourth-order valence-corrected chi connectivity index (χ4v) is 4.52. The molecule has 1 amide bonds. The number of sulfonamides is 1. The number of nitrogens with one attached hydrogen (secondary N) is 1. The normalized spacial score (nSPS) is 11.0. The van der Waals surface area contributed by atoms with E-state index in [1.54, 1.807) is 26.0 Å². The van der Waals surface area contributed by atoms with E-state index in [2.05, 4.69) is 5.32 Å². The molecule has 0 aliphatic heterocycles. The van der Waals surface area contributed by atoms with Gasteiger partial charge in [0.05, 0.1) is 27.8 Å². The van der Waals surface area contributed by atoms with Gasteiger partial charge in [-0.3, -0.25) is 19.2 Å². The van der Waals surface area contributed by atoms with Crippen LogP contribution in [0.3, 0.4) is 0 Å².